The number of hydrogen-bond donors (Lipinski definition) is 2. The molecule has 0 saturated heterocycles. The SMILES string of the molecule is Cc1ccc(C=NNC(=O)c2nnn(-c3nonc3N)c2CSc2nncn2C)o1. The normalized spacial score (nSPS) is 11.4. The number of rotatable bonds is 7. The number of aryl methyl sites for hydroxylation is 2. The van der Waals surface area contributed by atoms with E-state index in [9.17, 15) is 4.79 Å². The van der Waals surface area contributed by atoms with Crippen LogP contribution in [-0.4, -0.2) is 52.2 Å². The molecule has 0 aliphatic rings. The maximum absolute atomic E-state index is 12.7. The molecule has 14 nitrogen and oxygen atoms in total. The summed E-state index contributed by atoms with van der Waals surface area (Å²) in [5.74, 6) is 1.02. The summed E-state index contributed by atoms with van der Waals surface area (Å²) < 4.78 is 13.0. The van der Waals surface area contributed by atoms with Gasteiger partial charge in [0.15, 0.2) is 10.9 Å². The Morgan fingerprint density at radius 2 is 2.23 bits per heavy atom. The van der Waals surface area contributed by atoms with E-state index in [0.29, 0.717) is 16.6 Å². The zero-order valence-corrected chi connectivity index (χ0v) is 16.6. The molecule has 0 aliphatic carbocycles. The van der Waals surface area contributed by atoms with Gasteiger partial charge in [-0.15, -0.1) is 15.3 Å². The molecule has 154 valence electrons. The third-order valence-corrected chi connectivity index (χ3v) is 4.85. The van der Waals surface area contributed by atoms with Crippen LogP contribution in [-0.2, 0) is 12.8 Å². The van der Waals surface area contributed by atoms with Crippen LogP contribution in [0.3, 0.4) is 0 Å². The fraction of sp³-hybridized carbons (Fsp3) is 0.200. The number of furan rings is 1. The predicted octanol–water partition coefficient (Wildman–Crippen LogP) is 0.319. The Kier molecular flexibility index (Phi) is 5.25. The van der Waals surface area contributed by atoms with Crippen molar-refractivity contribution in [3.05, 3.63) is 41.4 Å². The van der Waals surface area contributed by atoms with Gasteiger partial charge in [0.25, 0.3) is 5.91 Å². The molecule has 4 heterocycles. The van der Waals surface area contributed by atoms with Gasteiger partial charge in [0.2, 0.25) is 11.6 Å². The molecule has 0 radical (unpaired) electrons. The molecule has 4 rings (SSSR count). The van der Waals surface area contributed by atoms with Crippen LogP contribution in [0, 0.1) is 6.92 Å². The summed E-state index contributed by atoms with van der Waals surface area (Å²) in [5.41, 5.74) is 8.58. The smallest absolute Gasteiger partial charge is 0.293 e. The Labute approximate surface area is 172 Å². The molecule has 4 aromatic heterocycles. The van der Waals surface area contributed by atoms with E-state index in [0.717, 1.165) is 5.76 Å². The number of nitrogen functional groups attached to an aromatic ring is 1. The molecule has 30 heavy (non-hydrogen) atoms. The van der Waals surface area contributed by atoms with E-state index >= 15 is 0 Å². The molecule has 0 fully saturated rings. The highest BCUT2D eigenvalue weighted by atomic mass is 32.2. The Hall–Kier alpha value is -4.01. The fourth-order valence-corrected chi connectivity index (χ4v) is 3.26. The number of nitrogens with two attached hydrogens (primary N) is 1. The number of anilines is 1. The van der Waals surface area contributed by atoms with Gasteiger partial charge in [0.1, 0.15) is 17.8 Å². The summed E-state index contributed by atoms with van der Waals surface area (Å²) in [7, 11) is 1.80. The van der Waals surface area contributed by atoms with Gasteiger partial charge in [-0.25, -0.2) is 10.1 Å². The van der Waals surface area contributed by atoms with Crippen LogP contribution in [0.25, 0.3) is 5.82 Å². The molecule has 0 aromatic carbocycles. The van der Waals surface area contributed by atoms with Gasteiger partial charge in [-0.2, -0.15) is 9.78 Å². The van der Waals surface area contributed by atoms with Crippen molar-refractivity contribution in [1.82, 2.24) is 45.5 Å². The molecule has 0 spiro atoms. The third-order valence-electron chi connectivity index (χ3n) is 3.80. The van der Waals surface area contributed by atoms with Gasteiger partial charge < -0.3 is 14.7 Å². The number of thioether (sulfide) groups is 1. The van der Waals surface area contributed by atoms with Gasteiger partial charge in [-0.1, -0.05) is 17.0 Å². The molecule has 0 aliphatic heterocycles. The first-order chi connectivity index (χ1) is 14.5. The number of hydrogen-bond acceptors (Lipinski definition) is 12. The average molecular weight is 429 g/mol. The second-order valence-electron chi connectivity index (χ2n) is 5.93. The van der Waals surface area contributed by atoms with Gasteiger partial charge >= 0.3 is 0 Å². The van der Waals surface area contributed by atoms with E-state index in [-0.39, 0.29) is 23.1 Å². The number of nitrogens with zero attached hydrogens (tertiary/aromatic N) is 9. The van der Waals surface area contributed by atoms with E-state index in [1.807, 2.05) is 0 Å². The summed E-state index contributed by atoms with van der Waals surface area (Å²) in [6.07, 6.45) is 2.94. The van der Waals surface area contributed by atoms with Crippen molar-refractivity contribution < 1.29 is 13.8 Å². The number of hydrazone groups is 1. The first-order valence-electron chi connectivity index (χ1n) is 8.42. The molecule has 0 atom stereocenters. The number of carbonyl (C=O) groups is 1. The maximum Gasteiger partial charge on any atom is 0.293 e. The largest absolute Gasteiger partial charge is 0.460 e. The van der Waals surface area contributed by atoms with E-state index in [1.54, 1.807) is 37.0 Å². The highest BCUT2D eigenvalue weighted by molar-refractivity contribution is 7.98. The molecule has 0 saturated carbocycles. The highest BCUT2D eigenvalue weighted by Crippen LogP contribution is 2.24. The van der Waals surface area contributed by atoms with Gasteiger partial charge in [0.05, 0.1) is 11.9 Å². The zero-order valence-electron chi connectivity index (χ0n) is 15.8. The molecule has 0 unspecified atom stereocenters. The molecular formula is C15H15N11O3S. The highest BCUT2D eigenvalue weighted by Gasteiger charge is 2.24. The van der Waals surface area contributed by atoms with Gasteiger partial charge in [-0.05, 0) is 29.4 Å². The zero-order chi connectivity index (χ0) is 21.1. The topological polar surface area (TPSA) is 181 Å². The third kappa shape index (κ3) is 3.90. The summed E-state index contributed by atoms with van der Waals surface area (Å²) in [4.78, 5) is 12.7. The molecular weight excluding hydrogens is 414 g/mol. The van der Waals surface area contributed by atoms with Crippen molar-refractivity contribution in [1.29, 1.82) is 0 Å². The first kappa shape index (κ1) is 19.3. The van der Waals surface area contributed by atoms with Crippen LogP contribution in [0.2, 0.25) is 0 Å². The Morgan fingerprint density at radius 1 is 1.37 bits per heavy atom. The number of nitrogens with one attached hydrogen (secondary N) is 1. The molecule has 3 N–H and O–H groups in total. The van der Waals surface area contributed by atoms with E-state index < -0.39 is 5.91 Å². The van der Waals surface area contributed by atoms with Crippen molar-refractivity contribution in [3.8, 4) is 5.82 Å². The van der Waals surface area contributed by atoms with E-state index in [4.69, 9.17) is 10.2 Å². The fourth-order valence-electron chi connectivity index (χ4n) is 2.38. The van der Waals surface area contributed by atoms with Gasteiger partial charge in [0, 0.05) is 12.8 Å². The molecule has 1 amide bonds. The summed E-state index contributed by atoms with van der Waals surface area (Å²) in [5, 5.41) is 27.5. The molecule has 0 bridgehead atoms. The number of carbonyl (C=O) groups excluding carboxylic acids is 1. The predicted molar refractivity (Wildman–Crippen MR) is 103 cm³/mol. The minimum atomic E-state index is -0.579. The van der Waals surface area contributed by atoms with Crippen LogP contribution in [0.15, 0.2) is 37.8 Å². The van der Waals surface area contributed by atoms with Crippen molar-refractivity contribution in [2.45, 2.75) is 17.8 Å². The minimum Gasteiger partial charge on any atom is -0.460 e. The lowest BCUT2D eigenvalue weighted by molar-refractivity contribution is 0.0949. The van der Waals surface area contributed by atoms with Crippen LogP contribution in [0.1, 0.15) is 27.7 Å². The van der Waals surface area contributed by atoms with Crippen LogP contribution in [0.5, 0.6) is 0 Å². The lowest BCUT2D eigenvalue weighted by atomic mass is 10.3. The Balaban J connectivity index is 1.59. The lowest BCUT2D eigenvalue weighted by Gasteiger charge is -2.05. The van der Waals surface area contributed by atoms with Crippen molar-refractivity contribution in [2.75, 3.05) is 5.73 Å². The Bertz CT molecular complexity index is 1200. The van der Waals surface area contributed by atoms with E-state index in [1.165, 1.54) is 22.7 Å². The second kappa shape index (κ2) is 8.16. The molecule has 4 aromatic rings. The summed E-state index contributed by atoms with van der Waals surface area (Å²) >= 11 is 1.32. The van der Waals surface area contributed by atoms with Crippen molar-refractivity contribution in [3.63, 3.8) is 0 Å². The maximum atomic E-state index is 12.7. The summed E-state index contributed by atoms with van der Waals surface area (Å²) in [6, 6.07) is 3.51. The Morgan fingerprint density at radius 3 is 2.90 bits per heavy atom. The number of amides is 1. The first-order valence-corrected chi connectivity index (χ1v) is 9.41. The van der Waals surface area contributed by atoms with Crippen LogP contribution >= 0.6 is 11.8 Å². The summed E-state index contributed by atoms with van der Waals surface area (Å²) in [6.45, 7) is 1.81. The van der Waals surface area contributed by atoms with Gasteiger partial charge in [-0.3, -0.25) is 4.79 Å². The van der Waals surface area contributed by atoms with Crippen LogP contribution in [0.4, 0.5) is 5.82 Å². The van der Waals surface area contributed by atoms with E-state index in [2.05, 4.69) is 46.0 Å². The molecule has 15 heteroatoms. The van der Waals surface area contributed by atoms with Crippen molar-refractivity contribution >= 4 is 29.7 Å². The monoisotopic (exact) mass is 429 g/mol. The average Bonchev–Trinajstić information content (AvgIpc) is 3.49. The van der Waals surface area contributed by atoms with Crippen molar-refractivity contribution in [2.24, 2.45) is 12.1 Å². The quantitative estimate of drug-likeness (QED) is 0.234. The van der Waals surface area contributed by atoms with Crippen LogP contribution < -0.4 is 11.2 Å². The minimum absolute atomic E-state index is 0.00276. The standard InChI is InChI=1S/C15H15N11O3S/c1-8-3-4-9(28-8)5-17-20-14(27)11-10(6-30-15-21-18-7-25(15)2)26(24-19-11)13-12(16)22-29-23-13/h3-5,7H,6H2,1-2H3,(H2,16,22)(H,20,27). The number of aromatic nitrogens is 8. The lowest BCUT2D eigenvalue weighted by Crippen LogP contribution is -2.20. The second-order valence-corrected chi connectivity index (χ2v) is 6.87.